The molecule has 1 aromatic rings. The number of fused-ring (bicyclic) bond motifs is 1. The second-order valence-electron chi connectivity index (χ2n) is 4.17. The van der Waals surface area contributed by atoms with Crippen molar-refractivity contribution in [2.75, 3.05) is 11.4 Å². The highest BCUT2D eigenvalue weighted by Gasteiger charge is 2.30. The van der Waals surface area contributed by atoms with Crippen LogP contribution in [0.25, 0.3) is 0 Å². The zero-order valence-corrected chi connectivity index (χ0v) is 9.97. The Balaban J connectivity index is 2.28. The molecule has 0 fully saturated rings. The summed E-state index contributed by atoms with van der Waals surface area (Å²) >= 11 is 0. The topological polar surface area (TPSA) is 46.6 Å². The van der Waals surface area contributed by atoms with Crippen molar-refractivity contribution in [3.63, 3.8) is 0 Å². The second kappa shape index (κ2) is 4.57. The van der Waals surface area contributed by atoms with Gasteiger partial charge < -0.3 is 9.64 Å². The van der Waals surface area contributed by atoms with Crippen molar-refractivity contribution in [2.45, 2.75) is 26.4 Å². The minimum absolute atomic E-state index is 0.0782. The number of hydrogen-bond acceptors (Lipinski definition) is 3. The summed E-state index contributed by atoms with van der Waals surface area (Å²) in [5.74, 6) is 0.683. The van der Waals surface area contributed by atoms with Gasteiger partial charge in [0.15, 0.2) is 6.10 Å². The van der Waals surface area contributed by atoms with Crippen LogP contribution in [-0.2, 0) is 9.59 Å². The lowest BCUT2D eigenvalue weighted by atomic mass is 10.1. The molecule has 0 bridgehead atoms. The van der Waals surface area contributed by atoms with Crippen molar-refractivity contribution in [1.29, 1.82) is 0 Å². The van der Waals surface area contributed by atoms with E-state index in [0.29, 0.717) is 18.7 Å². The highest BCUT2D eigenvalue weighted by molar-refractivity contribution is 6.00. The summed E-state index contributed by atoms with van der Waals surface area (Å²) in [7, 11) is 0. The first-order valence-corrected chi connectivity index (χ1v) is 5.66. The van der Waals surface area contributed by atoms with E-state index in [2.05, 4.69) is 0 Å². The Bertz CT molecular complexity index is 456. The number of carbonyl (C=O) groups excluding carboxylic acids is 2. The number of benzene rings is 1. The largest absolute Gasteiger partial charge is 0.479 e. The van der Waals surface area contributed by atoms with Gasteiger partial charge in [0, 0.05) is 13.0 Å². The summed E-state index contributed by atoms with van der Waals surface area (Å²) < 4.78 is 5.50. The van der Waals surface area contributed by atoms with Gasteiger partial charge >= 0.3 is 0 Å². The fourth-order valence-corrected chi connectivity index (χ4v) is 1.86. The van der Waals surface area contributed by atoms with Gasteiger partial charge in [-0.05, 0) is 26.0 Å². The Morgan fingerprint density at radius 2 is 2.12 bits per heavy atom. The van der Waals surface area contributed by atoms with Gasteiger partial charge in [-0.15, -0.1) is 0 Å². The predicted molar refractivity (Wildman–Crippen MR) is 64.2 cm³/mol. The van der Waals surface area contributed by atoms with Crippen molar-refractivity contribution < 1.29 is 14.3 Å². The zero-order valence-electron chi connectivity index (χ0n) is 9.97. The highest BCUT2D eigenvalue weighted by Crippen LogP contribution is 2.33. The number of carbonyl (C=O) groups is 2. The number of rotatable bonds is 3. The quantitative estimate of drug-likeness (QED) is 0.799. The summed E-state index contributed by atoms with van der Waals surface area (Å²) in [4.78, 5) is 24.6. The number of para-hydroxylation sites is 2. The number of anilines is 1. The summed E-state index contributed by atoms with van der Waals surface area (Å²) in [6, 6.07) is 7.38. The van der Waals surface area contributed by atoms with E-state index in [1.165, 1.54) is 6.92 Å². The minimum Gasteiger partial charge on any atom is -0.479 e. The molecule has 1 aliphatic rings. The first kappa shape index (κ1) is 11.6. The second-order valence-corrected chi connectivity index (χ2v) is 4.17. The summed E-state index contributed by atoms with van der Waals surface area (Å²) in [6.45, 7) is 3.66. The third kappa shape index (κ3) is 2.30. The van der Waals surface area contributed by atoms with Gasteiger partial charge in [-0.2, -0.15) is 0 Å². The maximum absolute atomic E-state index is 12.0. The number of amides is 1. The molecule has 1 heterocycles. The van der Waals surface area contributed by atoms with E-state index in [1.807, 2.05) is 24.3 Å². The third-order valence-corrected chi connectivity index (χ3v) is 2.76. The molecule has 1 amide bonds. The maximum atomic E-state index is 12.0. The van der Waals surface area contributed by atoms with Crippen molar-refractivity contribution in [3.8, 4) is 5.75 Å². The van der Waals surface area contributed by atoms with Crippen molar-refractivity contribution in [2.24, 2.45) is 0 Å². The molecule has 0 spiro atoms. The molecule has 1 aliphatic heterocycles. The van der Waals surface area contributed by atoms with E-state index in [1.54, 1.807) is 11.8 Å². The van der Waals surface area contributed by atoms with Gasteiger partial charge in [-0.1, -0.05) is 12.1 Å². The highest BCUT2D eigenvalue weighted by atomic mass is 16.5. The van der Waals surface area contributed by atoms with Crippen LogP contribution in [0.5, 0.6) is 5.75 Å². The average molecular weight is 233 g/mol. The van der Waals surface area contributed by atoms with Gasteiger partial charge in [-0.3, -0.25) is 9.59 Å². The smallest absolute Gasteiger partial charge is 0.267 e. The number of nitrogens with zero attached hydrogens (tertiary/aromatic N) is 1. The van der Waals surface area contributed by atoms with Crippen LogP contribution >= 0.6 is 0 Å². The van der Waals surface area contributed by atoms with Gasteiger partial charge in [0.05, 0.1) is 5.69 Å². The van der Waals surface area contributed by atoms with Crippen LogP contribution in [0.4, 0.5) is 5.69 Å². The van der Waals surface area contributed by atoms with Gasteiger partial charge in [0.1, 0.15) is 11.5 Å². The first-order valence-electron chi connectivity index (χ1n) is 5.66. The molecule has 0 N–H and O–H groups in total. The molecular formula is C13H15NO3. The number of ketones is 1. The van der Waals surface area contributed by atoms with Crippen molar-refractivity contribution in [1.82, 2.24) is 0 Å². The lowest BCUT2D eigenvalue weighted by Gasteiger charge is -2.32. The molecule has 1 atom stereocenters. The number of ether oxygens (including phenoxy) is 1. The molecule has 90 valence electrons. The van der Waals surface area contributed by atoms with Crippen LogP contribution in [0.2, 0.25) is 0 Å². The SMILES string of the molecule is CC(=O)CCN1C(=O)C(C)Oc2ccccc21. The molecule has 0 saturated carbocycles. The van der Waals surface area contributed by atoms with Gasteiger partial charge in [-0.25, -0.2) is 0 Å². The molecule has 2 rings (SSSR count). The molecule has 0 aromatic heterocycles. The Morgan fingerprint density at radius 1 is 1.41 bits per heavy atom. The number of Topliss-reactive ketones (excluding diaryl/α,β-unsaturated/α-hetero) is 1. The van der Waals surface area contributed by atoms with Crippen LogP contribution in [0.3, 0.4) is 0 Å². The third-order valence-electron chi connectivity index (χ3n) is 2.76. The van der Waals surface area contributed by atoms with Gasteiger partial charge in [0.25, 0.3) is 5.91 Å². The number of hydrogen-bond donors (Lipinski definition) is 0. The Morgan fingerprint density at radius 3 is 2.82 bits per heavy atom. The fourth-order valence-electron chi connectivity index (χ4n) is 1.86. The van der Waals surface area contributed by atoms with Gasteiger partial charge in [0.2, 0.25) is 0 Å². The molecular weight excluding hydrogens is 218 g/mol. The molecule has 17 heavy (non-hydrogen) atoms. The Labute approximate surface area is 100 Å². The average Bonchev–Trinajstić information content (AvgIpc) is 2.29. The van der Waals surface area contributed by atoms with E-state index < -0.39 is 6.10 Å². The van der Waals surface area contributed by atoms with E-state index >= 15 is 0 Å². The van der Waals surface area contributed by atoms with Crippen molar-refractivity contribution >= 4 is 17.4 Å². The summed E-state index contributed by atoms with van der Waals surface area (Å²) in [5, 5.41) is 0. The molecule has 0 aliphatic carbocycles. The van der Waals surface area contributed by atoms with Crippen molar-refractivity contribution in [3.05, 3.63) is 24.3 Å². The standard InChI is InChI=1S/C13H15NO3/c1-9(15)7-8-14-11-5-3-4-6-12(11)17-10(2)13(14)16/h3-6,10H,7-8H2,1-2H3. The lowest BCUT2D eigenvalue weighted by Crippen LogP contribution is -2.45. The molecule has 0 radical (unpaired) electrons. The monoisotopic (exact) mass is 233 g/mol. The van der Waals surface area contributed by atoms with Crippen LogP contribution in [0.1, 0.15) is 20.3 Å². The lowest BCUT2D eigenvalue weighted by molar-refractivity contribution is -0.125. The van der Waals surface area contributed by atoms with E-state index in [0.717, 1.165) is 5.69 Å². The minimum atomic E-state index is -0.489. The maximum Gasteiger partial charge on any atom is 0.267 e. The summed E-state index contributed by atoms with van der Waals surface area (Å²) in [6.07, 6.45) is -0.121. The Kier molecular flexibility index (Phi) is 3.13. The zero-order chi connectivity index (χ0) is 12.4. The fraction of sp³-hybridized carbons (Fsp3) is 0.385. The van der Waals surface area contributed by atoms with Crippen LogP contribution in [-0.4, -0.2) is 24.3 Å². The van der Waals surface area contributed by atoms with Crippen LogP contribution in [0.15, 0.2) is 24.3 Å². The normalized spacial score (nSPS) is 18.6. The molecule has 0 saturated heterocycles. The van der Waals surface area contributed by atoms with Crippen LogP contribution in [0, 0.1) is 0 Å². The summed E-state index contributed by atoms with van der Waals surface area (Å²) in [5.41, 5.74) is 0.747. The molecule has 4 nitrogen and oxygen atoms in total. The van der Waals surface area contributed by atoms with E-state index in [4.69, 9.17) is 4.74 Å². The molecule has 4 heteroatoms. The first-order chi connectivity index (χ1) is 8.09. The Hall–Kier alpha value is -1.84. The van der Waals surface area contributed by atoms with Crippen LogP contribution < -0.4 is 9.64 Å². The van der Waals surface area contributed by atoms with E-state index in [-0.39, 0.29) is 11.7 Å². The molecule has 1 aromatic carbocycles. The molecule has 1 unspecified atom stereocenters. The van der Waals surface area contributed by atoms with E-state index in [9.17, 15) is 9.59 Å². The predicted octanol–water partition coefficient (Wildman–Crippen LogP) is 1.78.